The maximum atomic E-state index is 11.6. The van der Waals surface area contributed by atoms with E-state index in [-0.39, 0.29) is 6.09 Å². The van der Waals surface area contributed by atoms with Crippen LogP contribution in [0, 0.1) is 0 Å². The largest absolute Gasteiger partial charge is 0.448 e. The summed E-state index contributed by atoms with van der Waals surface area (Å²) in [7, 11) is 0. The van der Waals surface area contributed by atoms with Crippen LogP contribution in [-0.4, -0.2) is 48.9 Å². The van der Waals surface area contributed by atoms with Crippen LogP contribution in [0.15, 0.2) is 36.7 Å². The molecule has 1 aliphatic rings. The van der Waals surface area contributed by atoms with Crippen molar-refractivity contribution in [2.45, 2.75) is 6.54 Å². The molecule has 0 radical (unpaired) electrons. The molecule has 0 bridgehead atoms. The second-order valence-electron chi connectivity index (χ2n) is 6.09. The van der Waals surface area contributed by atoms with E-state index in [0.717, 1.165) is 22.1 Å². The van der Waals surface area contributed by atoms with E-state index in [1.807, 2.05) is 30.5 Å². The monoisotopic (exact) mass is 349 g/mol. The summed E-state index contributed by atoms with van der Waals surface area (Å²) in [5, 5.41) is 5.12. The van der Waals surface area contributed by atoms with Crippen molar-refractivity contribution in [1.29, 1.82) is 0 Å². The molecule has 26 heavy (non-hydrogen) atoms. The molecule has 4 aromatic rings. The number of aromatic nitrogens is 5. The van der Waals surface area contributed by atoms with E-state index in [1.54, 1.807) is 15.8 Å². The van der Waals surface area contributed by atoms with Gasteiger partial charge < -0.3 is 15.5 Å². The second-order valence-corrected chi connectivity index (χ2v) is 6.09. The number of amides is 1. The summed E-state index contributed by atoms with van der Waals surface area (Å²) in [6.45, 7) is 1.30. The third-order valence-corrected chi connectivity index (χ3v) is 4.44. The number of imidazole rings is 1. The summed E-state index contributed by atoms with van der Waals surface area (Å²) in [5.41, 5.74) is 9.17. The fraction of sp³-hybridized carbons (Fsp3) is 0.176. The molecule has 0 saturated carbocycles. The number of aromatic amines is 1. The van der Waals surface area contributed by atoms with Crippen molar-refractivity contribution >= 4 is 33.8 Å². The van der Waals surface area contributed by atoms with Crippen molar-refractivity contribution in [3.8, 4) is 5.69 Å². The first kappa shape index (κ1) is 14.7. The zero-order valence-corrected chi connectivity index (χ0v) is 13.7. The van der Waals surface area contributed by atoms with Gasteiger partial charge in [-0.2, -0.15) is 5.10 Å². The number of rotatable bonds is 3. The molecule has 1 amide bonds. The Hall–Kier alpha value is -3.62. The van der Waals surface area contributed by atoms with E-state index in [0.29, 0.717) is 36.9 Å². The van der Waals surface area contributed by atoms with Gasteiger partial charge >= 0.3 is 6.09 Å². The van der Waals surface area contributed by atoms with Gasteiger partial charge in [0.25, 0.3) is 0 Å². The number of nitrogens with two attached hydrogens (primary N) is 1. The molecule has 4 heterocycles. The van der Waals surface area contributed by atoms with Gasteiger partial charge in [0.15, 0.2) is 0 Å². The summed E-state index contributed by atoms with van der Waals surface area (Å²) < 4.78 is 6.71. The Morgan fingerprint density at radius 3 is 3.00 bits per heavy atom. The van der Waals surface area contributed by atoms with Crippen molar-refractivity contribution in [1.82, 2.24) is 29.6 Å². The highest BCUT2D eigenvalue weighted by molar-refractivity contribution is 6.06. The van der Waals surface area contributed by atoms with Gasteiger partial charge in [0.05, 0.1) is 24.3 Å². The lowest BCUT2D eigenvalue weighted by Gasteiger charge is -2.09. The van der Waals surface area contributed by atoms with Crippen molar-refractivity contribution in [3.05, 3.63) is 42.5 Å². The topological polar surface area (TPSA) is 115 Å². The first-order valence-electron chi connectivity index (χ1n) is 8.18. The number of benzene rings is 1. The molecular formula is C17H15N7O2. The summed E-state index contributed by atoms with van der Waals surface area (Å²) in [6.07, 6.45) is 3.26. The van der Waals surface area contributed by atoms with Gasteiger partial charge in [-0.15, -0.1) is 0 Å². The zero-order valence-electron chi connectivity index (χ0n) is 13.7. The molecule has 9 heteroatoms. The van der Waals surface area contributed by atoms with Crippen LogP contribution in [-0.2, 0) is 11.3 Å². The summed E-state index contributed by atoms with van der Waals surface area (Å²) >= 11 is 0. The molecule has 5 rings (SSSR count). The first-order chi connectivity index (χ1) is 12.7. The number of pyridine rings is 1. The molecule has 9 nitrogen and oxygen atoms in total. The molecule has 3 N–H and O–H groups in total. The average molecular weight is 349 g/mol. The number of nitrogen functional groups attached to an aromatic ring is 1. The molecule has 0 aliphatic carbocycles. The quantitative estimate of drug-likeness (QED) is 0.583. The lowest BCUT2D eigenvalue weighted by molar-refractivity contribution is 0.156. The van der Waals surface area contributed by atoms with E-state index in [4.69, 9.17) is 10.5 Å². The van der Waals surface area contributed by atoms with Crippen LogP contribution in [0.2, 0.25) is 0 Å². The van der Waals surface area contributed by atoms with E-state index in [1.165, 1.54) is 0 Å². The number of anilines is 1. The number of carbonyl (C=O) groups excluding carboxylic acids is 1. The highest BCUT2D eigenvalue weighted by Crippen LogP contribution is 2.28. The molecule has 0 unspecified atom stereocenters. The van der Waals surface area contributed by atoms with Gasteiger partial charge in [-0.3, -0.25) is 4.90 Å². The molecule has 1 aromatic carbocycles. The molecule has 130 valence electrons. The van der Waals surface area contributed by atoms with Gasteiger partial charge in [0.2, 0.25) is 0 Å². The second kappa shape index (κ2) is 5.45. The average Bonchev–Trinajstić information content (AvgIpc) is 3.37. The van der Waals surface area contributed by atoms with Gasteiger partial charge in [0, 0.05) is 17.8 Å². The van der Waals surface area contributed by atoms with Crippen LogP contribution < -0.4 is 5.73 Å². The Morgan fingerprint density at radius 2 is 2.23 bits per heavy atom. The first-order valence-corrected chi connectivity index (χ1v) is 8.18. The van der Waals surface area contributed by atoms with Crippen molar-refractivity contribution in [2.75, 3.05) is 18.9 Å². The number of H-pyrrole nitrogens is 1. The predicted octanol–water partition coefficient (Wildman–Crippen LogP) is 1.83. The van der Waals surface area contributed by atoms with Gasteiger partial charge in [-0.25, -0.2) is 19.4 Å². The number of nitrogens with zero attached hydrogens (tertiary/aromatic N) is 5. The number of fused-ring (bicyclic) bond motifs is 3. The van der Waals surface area contributed by atoms with Crippen molar-refractivity contribution in [2.24, 2.45) is 0 Å². The Labute approximate surface area is 147 Å². The molecule has 1 saturated heterocycles. The Balaban J connectivity index is 1.61. The van der Waals surface area contributed by atoms with E-state index >= 15 is 0 Å². The maximum absolute atomic E-state index is 11.6. The minimum atomic E-state index is -0.328. The van der Waals surface area contributed by atoms with Crippen molar-refractivity contribution < 1.29 is 9.53 Å². The van der Waals surface area contributed by atoms with Gasteiger partial charge in [-0.1, -0.05) is 0 Å². The number of carbonyl (C=O) groups is 1. The van der Waals surface area contributed by atoms with Gasteiger partial charge in [0.1, 0.15) is 29.3 Å². The predicted molar refractivity (Wildman–Crippen MR) is 94.7 cm³/mol. The summed E-state index contributed by atoms with van der Waals surface area (Å²) in [4.78, 5) is 25.6. The summed E-state index contributed by atoms with van der Waals surface area (Å²) in [6, 6.07) is 7.69. The molecular weight excluding hydrogens is 334 g/mol. The normalized spacial score (nSPS) is 14.5. The van der Waals surface area contributed by atoms with Crippen LogP contribution in [0.25, 0.3) is 27.6 Å². The van der Waals surface area contributed by atoms with Crippen LogP contribution in [0.5, 0.6) is 0 Å². The smallest absolute Gasteiger partial charge is 0.410 e. The zero-order chi connectivity index (χ0) is 17.7. The number of hydrogen-bond acceptors (Lipinski definition) is 6. The van der Waals surface area contributed by atoms with Gasteiger partial charge in [-0.05, 0) is 24.3 Å². The Kier molecular flexibility index (Phi) is 3.08. The lowest BCUT2D eigenvalue weighted by atomic mass is 10.1. The van der Waals surface area contributed by atoms with E-state index in [9.17, 15) is 4.79 Å². The standard InChI is InChI=1S/C17H15N7O2/c18-16-15-14(21-13(22-15)9-23-6-7-26-17(23)25)11-3-2-10(8-12(11)20-16)24-5-1-4-19-24/h1-5,8H,6-7,9H2,(H2,18,20)(H,21,22). The molecule has 1 fully saturated rings. The van der Waals surface area contributed by atoms with E-state index < -0.39 is 0 Å². The minimum absolute atomic E-state index is 0.328. The Bertz CT molecular complexity index is 1130. The summed E-state index contributed by atoms with van der Waals surface area (Å²) in [5.74, 6) is 1.02. The fourth-order valence-electron chi connectivity index (χ4n) is 3.19. The van der Waals surface area contributed by atoms with Crippen LogP contribution in [0.1, 0.15) is 5.82 Å². The number of ether oxygens (including phenoxy) is 1. The number of cyclic esters (lactones) is 1. The molecule has 3 aromatic heterocycles. The number of nitrogens with one attached hydrogen (secondary N) is 1. The molecule has 0 spiro atoms. The molecule has 1 aliphatic heterocycles. The fourth-order valence-corrected chi connectivity index (χ4v) is 3.19. The lowest BCUT2D eigenvalue weighted by Crippen LogP contribution is -2.24. The number of hydrogen-bond donors (Lipinski definition) is 2. The van der Waals surface area contributed by atoms with E-state index in [2.05, 4.69) is 20.1 Å². The Morgan fingerprint density at radius 1 is 1.31 bits per heavy atom. The van der Waals surface area contributed by atoms with Crippen LogP contribution >= 0.6 is 0 Å². The van der Waals surface area contributed by atoms with Crippen LogP contribution in [0.3, 0.4) is 0 Å². The van der Waals surface area contributed by atoms with Crippen LogP contribution in [0.4, 0.5) is 10.6 Å². The minimum Gasteiger partial charge on any atom is -0.448 e. The van der Waals surface area contributed by atoms with Crippen molar-refractivity contribution in [3.63, 3.8) is 0 Å². The third kappa shape index (κ3) is 2.25. The third-order valence-electron chi connectivity index (χ3n) is 4.44. The maximum Gasteiger partial charge on any atom is 0.410 e. The highest BCUT2D eigenvalue weighted by Gasteiger charge is 2.23. The SMILES string of the molecule is Nc1nc2cc(-n3cccn3)ccc2c2nc(CN3CCOC3=O)[nH]c12. The molecule has 0 atom stereocenters. The highest BCUT2D eigenvalue weighted by atomic mass is 16.6.